The van der Waals surface area contributed by atoms with E-state index in [1.54, 1.807) is 13.2 Å². The predicted octanol–water partition coefficient (Wildman–Crippen LogP) is 3.78. The highest BCUT2D eigenvalue weighted by molar-refractivity contribution is 6.05. The normalized spacial score (nSPS) is 21.2. The second-order valence-electron chi connectivity index (χ2n) is 6.02. The van der Waals surface area contributed by atoms with Gasteiger partial charge in [-0.3, -0.25) is 10.3 Å². The van der Waals surface area contributed by atoms with Crippen LogP contribution < -0.4 is 15.8 Å². The van der Waals surface area contributed by atoms with Gasteiger partial charge in [-0.15, -0.1) is 12.4 Å². The van der Waals surface area contributed by atoms with Crippen LogP contribution >= 0.6 is 12.4 Å². The molecule has 1 aromatic rings. The van der Waals surface area contributed by atoms with Crippen molar-refractivity contribution in [1.82, 2.24) is 5.32 Å². The predicted molar refractivity (Wildman–Crippen MR) is 101 cm³/mol. The van der Waals surface area contributed by atoms with E-state index in [2.05, 4.69) is 17.2 Å². The lowest BCUT2D eigenvalue weighted by atomic mass is 9.88. The lowest BCUT2D eigenvalue weighted by Crippen LogP contribution is -2.35. The lowest BCUT2D eigenvalue weighted by Gasteiger charge is -2.23. The third-order valence-electron chi connectivity index (χ3n) is 4.11. The molecule has 0 unspecified atom stereocenters. The first kappa shape index (κ1) is 20.0. The van der Waals surface area contributed by atoms with Crippen LogP contribution in [-0.4, -0.2) is 25.0 Å². The van der Waals surface area contributed by atoms with Gasteiger partial charge in [0.05, 0.1) is 13.2 Å². The van der Waals surface area contributed by atoms with E-state index in [0.717, 1.165) is 30.1 Å². The smallest absolute Gasteiger partial charge is 0.317 e. The summed E-state index contributed by atoms with van der Waals surface area (Å²) in [4.78, 5) is 15.8. The Morgan fingerprint density at radius 3 is 2.42 bits per heavy atom. The Kier molecular flexibility index (Phi) is 8.33. The van der Waals surface area contributed by atoms with Gasteiger partial charge in [-0.25, -0.2) is 4.79 Å². The summed E-state index contributed by atoms with van der Waals surface area (Å²) in [5.74, 6) is 2.10. The fourth-order valence-electron chi connectivity index (χ4n) is 2.70. The summed E-state index contributed by atoms with van der Waals surface area (Å²) in [7, 11) is 1.64. The molecule has 0 bridgehead atoms. The molecule has 3 N–H and O–H groups in total. The van der Waals surface area contributed by atoms with Gasteiger partial charge in [0.1, 0.15) is 11.6 Å². The van der Waals surface area contributed by atoms with E-state index < -0.39 is 6.03 Å². The van der Waals surface area contributed by atoms with Crippen molar-refractivity contribution in [3.8, 4) is 5.75 Å². The van der Waals surface area contributed by atoms with E-state index >= 15 is 0 Å². The molecule has 2 amide bonds. The number of nitrogens with two attached hydrogens (primary N) is 1. The summed E-state index contributed by atoms with van der Waals surface area (Å²) < 4.78 is 5.14. The van der Waals surface area contributed by atoms with Crippen LogP contribution in [0.2, 0.25) is 0 Å². The van der Waals surface area contributed by atoms with Gasteiger partial charge in [-0.2, -0.15) is 0 Å². The molecule has 0 atom stereocenters. The number of nitrogens with zero attached hydrogens (tertiary/aromatic N) is 1. The molecule has 1 aliphatic rings. The van der Waals surface area contributed by atoms with Crippen molar-refractivity contribution in [3.63, 3.8) is 0 Å². The number of benzene rings is 1. The number of primary amides is 1. The van der Waals surface area contributed by atoms with E-state index in [9.17, 15) is 4.79 Å². The monoisotopic (exact) mass is 351 g/mol. The van der Waals surface area contributed by atoms with Crippen molar-refractivity contribution in [1.29, 1.82) is 0 Å². The first-order valence-corrected chi connectivity index (χ1v) is 8.03. The summed E-state index contributed by atoms with van der Waals surface area (Å²) in [6.07, 6.45) is 8.17. The number of halogens is 1. The van der Waals surface area contributed by atoms with Crippen LogP contribution in [0.3, 0.4) is 0 Å². The fraction of sp³-hybridized carbons (Fsp3) is 0.444. The highest BCUT2D eigenvalue weighted by Gasteiger charge is 2.17. The summed E-state index contributed by atoms with van der Waals surface area (Å²) in [5, 5.41) is 2.61. The first-order chi connectivity index (χ1) is 11.1. The summed E-state index contributed by atoms with van der Waals surface area (Å²) in [6.45, 7) is 2.27. The van der Waals surface area contributed by atoms with Gasteiger partial charge < -0.3 is 10.5 Å². The number of aliphatic imine (C=N–C) groups is 1. The topological polar surface area (TPSA) is 76.7 Å². The van der Waals surface area contributed by atoms with Crippen LogP contribution in [0, 0.1) is 5.92 Å². The molecule has 0 saturated heterocycles. The lowest BCUT2D eigenvalue weighted by molar-refractivity contribution is 0.253. The molecule has 1 aliphatic carbocycles. The first-order valence-electron chi connectivity index (χ1n) is 8.03. The van der Waals surface area contributed by atoms with Gasteiger partial charge in [0.25, 0.3) is 0 Å². The van der Waals surface area contributed by atoms with Crippen molar-refractivity contribution < 1.29 is 9.53 Å². The number of hydrogen-bond donors (Lipinski definition) is 2. The zero-order valence-electron chi connectivity index (χ0n) is 14.2. The minimum Gasteiger partial charge on any atom is -0.497 e. The molecule has 0 aliphatic heterocycles. The maximum atomic E-state index is 11.2. The Morgan fingerprint density at radius 1 is 1.25 bits per heavy atom. The second kappa shape index (κ2) is 9.98. The van der Waals surface area contributed by atoms with Gasteiger partial charge >= 0.3 is 6.03 Å². The van der Waals surface area contributed by atoms with Crippen LogP contribution in [0.5, 0.6) is 5.75 Å². The van der Waals surface area contributed by atoms with E-state index in [1.807, 2.05) is 30.3 Å². The van der Waals surface area contributed by atoms with Gasteiger partial charge in [-0.1, -0.05) is 25.1 Å². The molecular formula is C18H26ClN3O2. The molecule has 0 heterocycles. The molecule has 1 aromatic carbocycles. The highest BCUT2D eigenvalue weighted by atomic mass is 35.5. The van der Waals surface area contributed by atoms with Crippen molar-refractivity contribution >= 4 is 30.3 Å². The van der Waals surface area contributed by atoms with Crippen LogP contribution in [0.4, 0.5) is 4.79 Å². The molecule has 132 valence electrons. The van der Waals surface area contributed by atoms with Crippen LogP contribution in [0.1, 0.15) is 38.2 Å². The van der Waals surface area contributed by atoms with Crippen molar-refractivity contribution in [3.05, 3.63) is 35.9 Å². The van der Waals surface area contributed by atoms with E-state index in [0.29, 0.717) is 5.84 Å². The highest BCUT2D eigenvalue weighted by Crippen LogP contribution is 2.25. The number of amidine groups is 1. The number of urea groups is 1. The Hall–Kier alpha value is -2.01. The molecule has 24 heavy (non-hydrogen) atoms. The van der Waals surface area contributed by atoms with Crippen LogP contribution in [0.25, 0.3) is 6.08 Å². The van der Waals surface area contributed by atoms with Crippen LogP contribution in [0.15, 0.2) is 35.3 Å². The van der Waals surface area contributed by atoms with E-state index in [4.69, 9.17) is 10.5 Å². The SMILES string of the molecule is COc1ccc(C=CC(=NC2CCC(C)CC2)NC(N)=O)cc1.Cl. The van der Waals surface area contributed by atoms with Crippen molar-refractivity contribution in [2.24, 2.45) is 16.6 Å². The molecular weight excluding hydrogens is 326 g/mol. The minimum absolute atomic E-state index is 0. The number of carbonyl (C=O) groups excluding carboxylic acids is 1. The number of rotatable bonds is 4. The molecule has 1 fully saturated rings. The van der Waals surface area contributed by atoms with Crippen molar-refractivity contribution in [2.45, 2.75) is 38.6 Å². The number of carbonyl (C=O) groups is 1. The van der Waals surface area contributed by atoms with Gasteiger partial charge in [0.15, 0.2) is 0 Å². The number of methoxy groups -OCH3 is 1. The minimum atomic E-state index is -0.590. The zero-order valence-corrected chi connectivity index (χ0v) is 15.0. The quantitative estimate of drug-likeness (QED) is 0.639. The third kappa shape index (κ3) is 6.62. The van der Waals surface area contributed by atoms with Gasteiger partial charge in [-0.05, 0) is 55.4 Å². The summed E-state index contributed by atoms with van der Waals surface area (Å²) in [5.41, 5.74) is 6.25. The third-order valence-corrected chi connectivity index (χ3v) is 4.11. The van der Waals surface area contributed by atoms with Gasteiger partial charge in [0.2, 0.25) is 0 Å². The van der Waals surface area contributed by atoms with Gasteiger partial charge in [0, 0.05) is 0 Å². The molecule has 6 heteroatoms. The molecule has 0 radical (unpaired) electrons. The number of amides is 2. The number of nitrogens with one attached hydrogen (secondary N) is 1. The molecule has 0 spiro atoms. The number of hydrogen-bond acceptors (Lipinski definition) is 3. The number of ether oxygens (including phenoxy) is 1. The summed E-state index contributed by atoms with van der Waals surface area (Å²) in [6, 6.07) is 7.33. The standard InChI is InChI=1S/C18H25N3O2.ClH/c1-13-3-8-15(9-4-13)20-17(21-18(19)22)12-7-14-5-10-16(23-2)11-6-14;/h5-7,10-13,15H,3-4,8-9H2,1-2H3,(H3,19,20,21,22);1H. The zero-order chi connectivity index (χ0) is 16.7. The largest absolute Gasteiger partial charge is 0.497 e. The molecule has 5 nitrogen and oxygen atoms in total. The van der Waals surface area contributed by atoms with Crippen molar-refractivity contribution in [2.75, 3.05) is 7.11 Å². The van der Waals surface area contributed by atoms with E-state index in [-0.39, 0.29) is 18.4 Å². The Labute approximate surface area is 149 Å². The van der Waals surface area contributed by atoms with Crippen LogP contribution in [-0.2, 0) is 0 Å². The Bertz CT molecular complexity index is 576. The molecule has 2 rings (SSSR count). The molecule has 1 saturated carbocycles. The maximum absolute atomic E-state index is 11.2. The summed E-state index contributed by atoms with van der Waals surface area (Å²) >= 11 is 0. The molecule has 0 aromatic heterocycles. The average molecular weight is 352 g/mol. The second-order valence-corrected chi connectivity index (χ2v) is 6.02. The average Bonchev–Trinajstić information content (AvgIpc) is 2.55. The van der Waals surface area contributed by atoms with E-state index in [1.165, 1.54) is 12.8 Å². The Balaban J connectivity index is 0.00000288. The maximum Gasteiger partial charge on any atom is 0.317 e. The fourth-order valence-corrected chi connectivity index (χ4v) is 2.70. The Morgan fingerprint density at radius 2 is 1.88 bits per heavy atom.